The minimum absolute atomic E-state index is 0.0644. The van der Waals surface area contributed by atoms with Gasteiger partial charge in [0.05, 0.1) is 11.5 Å². The van der Waals surface area contributed by atoms with E-state index in [1.165, 1.54) is 12.1 Å². The molecule has 1 aromatic rings. The third kappa shape index (κ3) is 2.74. The Balaban J connectivity index is 1.83. The summed E-state index contributed by atoms with van der Waals surface area (Å²) in [6.45, 7) is 0.759. The summed E-state index contributed by atoms with van der Waals surface area (Å²) in [6.07, 6.45) is 0. The van der Waals surface area contributed by atoms with Crippen molar-refractivity contribution in [1.29, 1.82) is 0 Å². The highest BCUT2D eigenvalue weighted by Crippen LogP contribution is 2.14. The zero-order valence-corrected chi connectivity index (χ0v) is 8.34. The fourth-order valence-electron chi connectivity index (χ4n) is 1.24. The summed E-state index contributed by atoms with van der Waals surface area (Å²) in [4.78, 5) is 14.5. The van der Waals surface area contributed by atoms with Crippen LogP contribution in [0.2, 0.25) is 0 Å². The Morgan fingerprint density at radius 1 is 1.50 bits per heavy atom. The minimum atomic E-state index is -1.25. The molecule has 2 rings (SSSR count). The Hall–Kier alpha value is -1.54. The van der Waals surface area contributed by atoms with Crippen molar-refractivity contribution in [3.05, 3.63) is 39.9 Å². The van der Waals surface area contributed by atoms with Gasteiger partial charge in [0.1, 0.15) is 0 Å². The molecule has 1 fully saturated rings. The van der Waals surface area contributed by atoms with E-state index in [1.54, 1.807) is 12.1 Å². The van der Waals surface area contributed by atoms with Gasteiger partial charge in [-0.05, 0) is 5.56 Å². The molecule has 0 bridgehead atoms. The van der Waals surface area contributed by atoms with Gasteiger partial charge in [0.15, 0.2) is 0 Å². The van der Waals surface area contributed by atoms with Gasteiger partial charge in [-0.15, -0.1) is 5.48 Å². The van der Waals surface area contributed by atoms with E-state index in [4.69, 9.17) is 0 Å². The molecule has 0 amide bonds. The molecule has 1 aromatic carbocycles. The van der Waals surface area contributed by atoms with E-state index in [2.05, 4.69) is 15.6 Å². The minimum Gasteiger partial charge on any atom is -0.350 e. The fraction of sp³-hybridized carbons (Fsp3) is 0.333. The van der Waals surface area contributed by atoms with Crippen molar-refractivity contribution in [2.24, 2.45) is 0 Å². The van der Waals surface area contributed by atoms with Gasteiger partial charge in [-0.25, -0.2) is 4.84 Å². The molecule has 1 saturated heterocycles. The Bertz CT molecular complexity index is 388. The lowest BCUT2D eigenvalue weighted by molar-refractivity contribution is -0.384. The first-order valence-corrected chi connectivity index (χ1v) is 4.71. The van der Waals surface area contributed by atoms with Crippen molar-refractivity contribution in [3.63, 3.8) is 0 Å². The average molecular weight is 225 g/mol. The molecule has 0 aromatic heterocycles. The third-order valence-corrected chi connectivity index (χ3v) is 2.18. The van der Waals surface area contributed by atoms with Gasteiger partial charge < -0.3 is 10.4 Å². The number of non-ortho nitro benzene ring substituents is 1. The molecule has 1 heterocycles. The van der Waals surface area contributed by atoms with Crippen molar-refractivity contribution in [3.8, 4) is 0 Å². The predicted octanol–water partition coefficient (Wildman–Crippen LogP) is -0.135. The highest BCUT2D eigenvalue weighted by atomic mass is 16.9. The first kappa shape index (κ1) is 11.0. The maximum Gasteiger partial charge on any atom is 0.277 e. The average Bonchev–Trinajstić information content (AvgIpc) is 2.97. The Morgan fingerprint density at radius 2 is 2.12 bits per heavy atom. The van der Waals surface area contributed by atoms with Crippen LogP contribution in [0, 0.1) is 10.1 Å². The maximum atomic E-state index is 10.4. The van der Waals surface area contributed by atoms with E-state index in [9.17, 15) is 15.2 Å². The number of benzene rings is 1. The second-order valence-corrected chi connectivity index (χ2v) is 3.52. The van der Waals surface area contributed by atoms with Gasteiger partial charge in [0.2, 0.25) is 0 Å². The summed E-state index contributed by atoms with van der Waals surface area (Å²) >= 11 is 0. The Kier molecular flexibility index (Phi) is 2.84. The summed E-state index contributed by atoms with van der Waals surface area (Å²) in [7, 11) is 0. The van der Waals surface area contributed by atoms with Gasteiger partial charge >= 0.3 is 0 Å². The lowest BCUT2D eigenvalue weighted by atomic mass is 10.2. The number of nitrogens with one attached hydrogen (secondary N) is 2. The lowest BCUT2D eigenvalue weighted by Gasteiger charge is -2.05. The molecule has 0 aliphatic carbocycles. The molecule has 7 nitrogen and oxygen atoms in total. The number of nitrogens with zero attached hydrogens (tertiary/aromatic N) is 1. The summed E-state index contributed by atoms with van der Waals surface area (Å²) in [5, 5.41) is 22.6. The van der Waals surface area contributed by atoms with Crippen LogP contribution in [0.25, 0.3) is 0 Å². The number of hydroxylamine groups is 1. The summed E-state index contributed by atoms with van der Waals surface area (Å²) < 4.78 is 0. The molecular formula is C9H11N3O4. The van der Waals surface area contributed by atoms with Crippen LogP contribution in [-0.4, -0.2) is 22.5 Å². The zero-order chi connectivity index (χ0) is 11.6. The van der Waals surface area contributed by atoms with Gasteiger partial charge in [-0.1, -0.05) is 12.1 Å². The lowest BCUT2D eigenvalue weighted by Crippen LogP contribution is -2.31. The highest BCUT2D eigenvalue weighted by Gasteiger charge is 2.42. The second-order valence-electron chi connectivity index (χ2n) is 3.52. The second kappa shape index (κ2) is 4.14. The van der Waals surface area contributed by atoms with E-state index in [-0.39, 0.29) is 12.2 Å². The summed E-state index contributed by atoms with van der Waals surface area (Å²) in [6, 6.07) is 6.21. The van der Waals surface area contributed by atoms with Gasteiger partial charge in [0, 0.05) is 18.7 Å². The topological polar surface area (TPSA) is 110 Å². The quantitative estimate of drug-likeness (QED) is 0.365. The van der Waals surface area contributed by atoms with Gasteiger partial charge in [-0.3, -0.25) is 10.1 Å². The molecule has 1 aliphatic rings. The van der Waals surface area contributed by atoms with Crippen LogP contribution >= 0.6 is 0 Å². The Morgan fingerprint density at radius 3 is 2.62 bits per heavy atom. The molecule has 0 saturated carbocycles. The number of rotatable bonds is 5. The largest absolute Gasteiger partial charge is 0.350 e. The smallest absolute Gasteiger partial charge is 0.277 e. The monoisotopic (exact) mass is 225 g/mol. The molecule has 7 heteroatoms. The van der Waals surface area contributed by atoms with Crippen molar-refractivity contribution in [1.82, 2.24) is 10.8 Å². The molecule has 3 N–H and O–H groups in total. The molecule has 1 atom stereocenters. The van der Waals surface area contributed by atoms with Crippen LogP contribution in [0.3, 0.4) is 0 Å². The summed E-state index contributed by atoms with van der Waals surface area (Å²) in [5.74, 6) is -1.25. The van der Waals surface area contributed by atoms with Crippen LogP contribution in [0.5, 0.6) is 0 Å². The number of nitro benzene ring substituents is 1. The van der Waals surface area contributed by atoms with Crippen LogP contribution in [0.4, 0.5) is 5.69 Å². The molecule has 1 unspecified atom stereocenters. The van der Waals surface area contributed by atoms with E-state index >= 15 is 0 Å². The molecule has 0 spiro atoms. The van der Waals surface area contributed by atoms with Crippen molar-refractivity contribution in [2.45, 2.75) is 12.5 Å². The Labute approximate surface area is 91.1 Å². The normalized spacial score (nSPS) is 23.1. The first-order chi connectivity index (χ1) is 7.59. The maximum absolute atomic E-state index is 10.4. The number of hydrogen-bond acceptors (Lipinski definition) is 6. The van der Waals surface area contributed by atoms with Gasteiger partial charge in [-0.2, -0.15) is 0 Å². The van der Waals surface area contributed by atoms with Crippen LogP contribution in [-0.2, 0) is 11.4 Å². The van der Waals surface area contributed by atoms with E-state index in [1.807, 2.05) is 0 Å². The van der Waals surface area contributed by atoms with Crippen LogP contribution in [0.15, 0.2) is 24.3 Å². The van der Waals surface area contributed by atoms with Crippen LogP contribution < -0.4 is 10.8 Å². The van der Waals surface area contributed by atoms with Crippen molar-refractivity contribution < 1.29 is 14.9 Å². The molecule has 0 radical (unpaired) electrons. The number of hydrogen-bond donors (Lipinski definition) is 3. The van der Waals surface area contributed by atoms with Crippen molar-refractivity contribution in [2.75, 3.05) is 6.54 Å². The standard InChI is InChI=1S/C9H11N3O4/c13-9(11-16-9)6-10-5-7-1-3-8(4-2-7)12(14)15/h1-4,10-11,13H,5-6H2. The predicted molar refractivity (Wildman–Crippen MR) is 54.0 cm³/mol. The van der Waals surface area contributed by atoms with E-state index in [0.717, 1.165) is 5.56 Å². The SMILES string of the molecule is O=[N+]([O-])c1ccc(CNCC2(O)NO2)cc1. The molecule has 1 aliphatic heterocycles. The molecule has 86 valence electrons. The number of nitro groups is 1. The van der Waals surface area contributed by atoms with E-state index < -0.39 is 10.8 Å². The van der Waals surface area contributed by atoms with E-state index in [0.29, 0.717) is 6.54 Å². The molecule has 16 heavy (non-hydrogen) atoms. The van der Waals surface area contributed by atoms with Crippen LogP contribution in [0.1, 0.15) is 5.56 Å². The highest BCUT2D eigenvalue weighted by molar-refractivity contribution is 5.32. The summed E-state index contributed by atoms with van der Waals surface area (Å²) in [5.41, 5.74) is 3.29. The fourth-order valence-corrected chi connectivity index (χ4v) is 1.24. The molecular weight excluding hydrogens is 214 g/mol. The number of aliphatic hydroxyl groups is 1. The first-order valence-electron chi connectivity index (χ1n) is 4.71. The third-order valence-electron chi connectivity index (χ3n) is 2.18. The zero-order valence-electron chi connectivity index (χ0n) is 8.34. The van der Waals surface area contributed by atoms with Crippen molar-refractivity contribution >= 4 is 5.69 Å². The van der Waals surface area contributed by atoms with Gasteiger partial charge in [0.25, 0.3) is 11.6 Å².